The number of hydrogen-bond donors (Lipinski definition) is 1. The highest BCUT2D eigenvalue weighted by molar-refractivity contribution is 5.87. The molecule has 0 saturated carbocycles. The van der Waals surface area contributed by atoms with Gasteiger partial charge in [-0.1, -0.05) is 20.8 Å². The molecule has 0 aromatic heterocycles. The lowest BCUT2D eigenvalue weighted by Gasteiger charge is -2.20. The van der Waals surface area contributed by atoms with Crippen LogP contribution in [0.2, 0.25) is 0 Å². The molecule has 94 valence electrons. The quantitative estimate of drug-likeness (QED) is 0.676. The van der Waals surface area contributed by atoms with Gasteiger partial charge in [0.05, 0.1) is 12.5 Å². The van der Waals surface area contributed by atoms with E-state index in [-0.39, 0.29) is 30.6 Å². The number of aliphatic hydroxyl groups is 1. The number of hydrogen-bond acceptors (Lipinski definition) is 4. The summed E-state index contributed by atoms with van der Waals surface area (Å²) in [6.45, 7) is 7.22. The van der Waals surface area contributed by atoms with Crippen molar-refractivity contribution in [3.05, 3.63) is 0 Å². The zero-order chi connectivity index (χ0) is 12.8. The number of carbonyl (C=O) groups is 2. The van der Waals surface area contributed by atoms with Crippen LogP contribution in [-0.2, 0) is 14.3 Å². The van der Waals surface area contributed by atoms with Crippen molar-refractivity contribution >= 4 is 11.8 Å². The minimum Gasteiger partial charge on any atom is -0.463 e. The molecular formula is C12H22O4. The van der Waals surface area contributed by atoms with Crippen molar-refractivity contribution in [2.24, 2.45) is 5.41 Å². The fourth-order valence-electron chi connectivity index (χ4n) is 1.04. The fraction of sp³-hybridized carbons (Fsp3) is 0.833. The van der Waals surface area contributed by atoms with Crippen molar-refractivity contribution in [2.45, 2.75) is 53.1 Å². The molecule has 0 rings (SSSR count). The molecule has 1 atom stereocenters. The third kappa shape index (κ3) is 5.85. The van der Waals surface area contributed by atoms with Crippen LogP contribution in [0.3, 0.4) is 0 Å². The van der Waals surface area contributed by atoms with Crippen LogP contribution in [0.4, 0.5) is 0 Å². The third-order valence-corrected chi connectivity index (χ3v) is 2.68. The van der Waals surface area contributed by atoms with Crippen LogP contribution < -0.4 is 0 Å². The Morgan fingerprint density at radius 1 is 1.31 bits per heavy atom. The van der Waals surface area contributed by atoms with E-state index in [1.54, 1.807) is 6.92 Å². The summed E-state index contributed by atoms with van der Waals surface area (Å²) in [6.07, 6.45) is 0.398. The van der Waals surface area contributed by atoms with Gasteiger partial charge in [-0.2, -0.15) is 0 Å². The van der Waals surface area contributed by atoms with E-state index in [0.29, 0.717) is 0 Å². The highest BCUT2D eigenvalue weighted by atomic mass is 16.5. The van der Waals surface area contributed by atoms with Crippen LogP contribution >= 0.6 is 0 Å². The van der Waals surface area contributed by atoms with Gasteiger partial charge in [-0.05, 0) is 13.3 Å². The van der Waals surface area contributed by atoms with Gasteiger partial charge < -0.3 is 9.84 Å². The van der Waals surface area contributed by atoms with Gasteiger partial charge in [0.2, 0.25) is 0 Å². The molecule has 0 amide bonds. The molecule has 0 heterocycles. The Kier molecular flexibility index (Phi) is 6.26. The first-order valence-electron chi connectivity index (χ1n) is 5.66. The molecule has 0 aromatic rings. The monoisotopic (exact) mass is 230 g/mol. The molecule has 1 N–H and O–H groups in total. The zero-order valence-electron chi connectivity index (χ0n) is 10.6. The first-order valence-corrected chi connectivity index (χ1v) is 5.66. The van der Waals surface area contributed by atoms with Gasteiger partial charge in [0.15, 0.2) is 0 Å². The minimum atomic E-state index is -0.660. The fourth-order valence-corrected chi connectivity index (χ4v) is 1.04. The Bertz CT molecular complexity index is 243. The Morgan fingerprint density at radius 3 is 2.31 bits per heavy atom. The van der Waals surface area contributed by atoms with Crippen LogP contribution in [0.1, 0.15) is 47.0 Å². The van der Waals surface area contributed by atoms with E-state index in [0.717, 1.165) is 6.42 Å². The van der Waals surface area contributed by atoms with Crippen molar-refractivity contribution in [3.8, 4) is 0 Å². The van der Waals surface area contributed by atoms with E-state index >= 15 is 0 Å². The number of ketones is 1. The number of aliphatic hydroxyl groups excluding tert-OH is 1. The summed E-state index contributed by atoms with van der Waals surface area (Å²) in [5.41, 5.74) is -0.370. The van der Waals surface area contributed by atoms with Crippen molar-refractivity contribution in [2.75, 3.05) is 6.61 Å². The molecule has 0 saturated heterocycles. The average molecular weight is 230 g/mol. The summed E-state index contributed by atoms with van der Waals surface area (Å²) >= 11 is 0. The molecular weight excluding hydrogens is 208 g/mol. The molecule has 1 unspecified atom stereocenters. The molecule has 0 aliphatic heterocycles. The Morgan fingerprint density at radius 2 is 1.88 bits per heavy atom. The SMILES string of the molecule is CCC(C)(C)C(=O)CCC(=O)OCC(C)O. The van der Waals surface area contributed by atoms with Gasteiger partial charge in [-0.25, -0.2) is 0 Å². The van der Waals surface area contributed by atoms with Gasteiger partial charge in [-0.15, -0.1) is 0 Å². The van der Waals surface area contributed by atoms with E-state index in [2.05, 4.69) is 0 Å². The Labute approximate surface area is 97.0 Å². The average Bonchev–Trinajstić information content (AvgIpc) is 2.22. The number of rotatable bonds is 7. The molecule has 4 heteroatoms. The normalized spacial score (nSPS) is 13.3. The van der Waals surface area contributed by atoms with Crippen LogP contribution in [0.15, 0.2) is 0 Å². The van der Waals surface area contributed by atoms with Gasteiger partial charge in [-0.3, -0.25) is 9.59 Å². The second-order valence-electron chi connectivity index (χ2n) is 4.69. The van der Waals surface area contributed by atoms with Gasteiger partial charge in [0.25, 0.3) is 0 Å². The maximum atomic E-state index is 11.7. The molecule has 0 radical (unpaired) electrons. The van der Waals surface area contributed by atoms with Crippen molar-refractivity contribution < 1.29 is 19.4 Å². The van der Waals surface area contributed by atoms with Crippen LogP contribution in [0.5, 0.6) is 0 Å². The summed E-state index contributed by atoms with van der Waals surface area (Å²) in [6, 6.07) is 0. The predicted octanol–water partition coefficient (Wildman–Crippen LogP) is 1.70. The van der Waals surface area contributed by atoms with Crippen molar-refractivity contribution in [1.29, 1.82) is 0 Å². The maximum absolute atomic E-state index is 11.7. The van der Waals surface area contributed by atoms with Crippen LogP contribution in [0.25, 0.3) is 0 Å². The number of carbonyl (C=O) groups excluding carboxylic acids is 2. The first-order chi connectivity index (χ1) is 7.29. The zero-order valence-corrected chi connectivity index (χ0v) is 10.6. The van der Waals surface area contributed by atoms with Crippen LogP contribution in [-0.4, -0.2) is 29.6 Å². The lowest BCUT2D eigenvalue weighted by Crippen LogP contribution is -2.24. The van der Waals surface area contributed by atoms with Gasteiger partial charge >= 0.3 is 5.97 Å². The predicted molar refractivity (Wildman–Crippen MR) is 61.0 cm³/mol. The minimum absolute atomic E-state index is 0.00973. The second-order valence-corrected chi connectivity index (χ2v) is 4.69. The van der Waals surface area contributed by atoms with E-state index < -0.39 is 12.1 Å². The highest BCUT2D eigenvalue weighted by Crippen LogP contribution is 2.23. The smallest absolute Gasteiger partial charge is 0.306 e. The molecule has 0 fully saturated rings. The lowest BCUT2D eigenvalue weighted by atomic mass is 9.83. The summed E-state index contributed by atoms with van der Waals surface area (Å²) in [5.74, 6) is -0.356. The second kappa shape index (κ2) is 6.63. The molecule has 4 nitrogen and oxygen atoms in total. The van der Waals surface area contributed by atoms with Crippen LogP contribution in [0, 0.1) is 5.41 Å². The molecule has 16 heavy (non-hydrogen) atoms. The standard InChI is InChI=1S/C12H22O4/c1-5-12(3,4)10(14)6-7-11(15)16-8-9(2)13/h9,13H,5-8H2,1-4H3. The summed E-state index contributed by atoms with van der Waals surface area (Å²) in [7, 11) is 0. The Balaban J connectivity index is 3.89. The van der Waals surface area contributed by atoms with E-state index in [1.807, 2.05) is 20.8 Å². The summed E-state index contributed by atoms with van der Waals surface area (Å²) in [4.78, 5) is 22.9. The topological polar surface area (TPSA) is 63.6 Å². The molecule has 0 aliphatic carbocycles. The number of ether oxygens (including phenoxy) is 1. The van der Waals surface area contributed by atoms with Crippen molar-refractivity contribution in [1.82, 2.24) is 0 Å². The molecule has 0 aromatic carbocycles. The van der Waals surface area contributed by atoms with Crippen molar-refractivity contribution in [3.63, 3.8) is 0 Å². The number of esters is 1. The molecule has 0 bridgehead atoms. The summed E-state index contributed by atoms with van der Waals surface area (Å²) in [5, 5.41) is 8.90. The molecule has 0 aliphatic rings. The highest BCUT2D eigenvalue weighted by Gasteiger charge is 2.25. The van der Waals surface area contributed by atoms with E-state index in [1.165, 1.54) is 0 Å². The Hall–Kier alpha value is -0.900. The van der Waals surface area contributed by atoms with Gasteiger partial charge in [0.1, 0.15) is 12.4 Å². The largest absolute Gasteiger partial charge is 0.463 e. The van der Waals surface area contributed by atoms with E-state index in [9.17, 15) is 9.59 Å². The summed E-state index contributed by atoms with van der Waals surface area (Å²) < 4.78 is 4.76. The number of Topliss-reactive ketones (excluding diaryl/α,β-unsaturated/α-hetero) is 1. The molecule has 0 spiro atoms. The third-order valence-electron chi connectivity index (χ3n) is 2.68. The maximum Gasteiger partial charge on any atom is 0.306 e. The first kappa shape index (κ1) is 15.1. The van der Waals surface area contributed by atoms with E-state index in [4.69, 9.17) is 9.84 Å². The van der Waals surface area contributed by atoms with Gasteiger partial charge in [0, 0.05) is 11.8 Å². The lowest BCUT2D eigenvalue weighted by molar-refractivity contribution is -0.147.